The summed E-state index contributed by atoms with van der Waals surface area (Å²) in [7, 11) is 0. The Labute approximate surface area is 316 Å². The highest BCUT2D eigenvalue weighted by molar-refractivity contribution is 9.10. The number of hydrogen-bond donors (Lipinski definition) is 2. The van der Waals surface area contributed by atoms with Crippen LogP contribution < -0.4 is 10.3 Å². The van der Waals surface area contributed by atoms with Crippen molar-refractivity contribution in [3.63, 3.8) is 0 Å². The van der Waals surface area contributed by atoms with Crippen molar-refractivity contribution >= 4 is 73.3 Å². The summed E-state index contributed by atoms with van der Waals surface area (Å²) in [6, 6.07) is 30.0. The highest BCUT2D eigenvalue weighted by Gasteiger charge is 2.71. The normalized spacial score (nSPS) is 26.4. The van der Waals surface area contributed by atoms with Crippen LogP contribution >= 0.6 is 27.5 Å². The molecule has 0 radical (unpaired) electrons. The molecule has 2 N–H and O–H groups in total. The van der Waals surface area contributed by atoms with Crippen molar-refractivity contribution in [2.24, 2.45) is 23.7 Å². The highest BCUT2D eigenvalue weighted by atomic mass is 79.9. The van der Waals surface area contributed by atoms with Gasteiger partial charge in [-0.15, -0.1) is 0 Å². The number of nitrogens with zero attached hydrogens (tertiary/aromatic N) is 2. The first kappa shape index (κ1) is 33.5. The average molecular weight is 791 g/mol. The third-order valence-electron chi connectivity index (χ3n) is 11.6. The van der Waals surface area contributed by atoms with Crippen molar-refractivity contribution in [1.29, 1.82) is 0 Å². The zero-order valence-corrected chi connectivity index (χ0v) is 30.2. The maximum absolute atomic E-state index is 15.4. The molecule has 9 rings (SSSR count). The number of carbonyl (C=O) groups is 4. The molecule has 4 aliphatic rings. The Morgan fingerprint density at radius 3 is 2.26 bits per heavy atom. The predicted molar refractivity (Wildman–Crippen MR) is 201 cm³/mol. The number of phenols is 1. The molecule has 2 saturated heterocycles. The van der Waals surface area contributed by atoms with E-state index in [1.807, 2.05) is 30.3 Å². The molecule has 0 aromatic heterocycles. The summed E-state index contributed by atoms with van der Waals surface area (Å²) >= 11 is 9.83. The van der Waals surface area contributed by atoms with E-state index in [9.17, 15) is 23.9 Å². The van der Waals surface area contributed by atoms with Crippen LogP contribution in [-0.2, 0) is 24.6 Å². The Hall–Kier alpha value is -5.32. The van der Waals surface area contributed by atoms with Gasteiger partial charge in [0.05, 0.1) is 34.5 Å². The summed E-state index contributed by atoms with van der Waals surface area (Å²) in [6.45, 7) is 0. The van der Waals surface area contributed by atoms with Crippen molar-refractivity contribution in [1.82, 2.24) is 5.01 Å². The molecule has 3 fully saturated rings. The molecule has 1 saturated carbocycles. The molecule has 0 spiro atoms. The molecule has 8 nitrogen and oxygen atoms in total. The first-order valence-electron chi connectivity index (χ1n) is 17.3. The molecule has 5 aromatic carbocycles. The van der Waals surface area contributed by atoms with E-state index in [-0.39, 0.29) is 30.4 Å². The van der Waals surface area contributed by atoms with Gasteiger partial charge in [-0.05, 0) is 102 Å². The first-order chi connectivity index (χ1) is 25.6. The number of imide groups is 2. The van der Waals surface area contributed by atoms with Gasteiger partial charge < -0.3 is 5.11 Å². The Bertz CT molecular complexity index is 2400. The van der Waals surface area contributed by atoms with Crippen molar-refractivity contribution in [2.75, 3.05) is 10.3 Å². The van der Waals surface area contributed by atoms with Crippen LogP contribution in [0.1, 0.15) is 29.9 Å². The molecule has 264 valence electrons. The molecule has 5 aromatic rings. The van der Waals surface area contributed by atoms with E-state index >= 15 is 4.79 Å². The lowest BCUT2D eigenvalue weighted by Gasteiger charge is -2.51. The number of hydrogen-bond acceptors (Lipinski definition) is 6. The fourth-order valence-electron chi connectivity index (χ4n) is 9.40. The van der Waals surface area contributed by atoms with Crippen LogP contribution in [0, 0.1) is 29.5 Å². The Morgan fingerprint density at radius 1 is 0.811 bits per heavy atom. The smallest absolute Gasteiger partial charge is 0.260 e. The maximum Gasteiger partial charge on any atom is 0.260 e. The van der Waals surface area contributed by atoms with Crippen LogP contribution in [-0.4, -0.2) is 33.7 Å². The van der Waals surface area contributed by atoms with Crippen LogP contribution in [0.15, 0.2) is 125 Å². The van der Waals surface area contributed by atoms with Crippen LogP contribution in [0.25, 0.3) is 10.8 Å². The number of benzene rings is 5. The quantitative estimate of drug-likeness (QED) is 0.137. The van der Waals surface area contributed by atoms with E-state index in [0.717, 1.165) is 14.9 Å². The minimum atomic E-state index is -1.62. The van der Waals surface area contributed by atoms with E-state index < -0.39 is 52.6 Å². The van der Waals surface area contributed by atoms with E-state index in [1.54, 1.807) is 60.7 Å². The summed E-state index contributed by atoms with van der Waals surface area (Å²) < 4.78 is 14.7. The Kier molecular flexibility index (Phi) is 7.83. The number of aromatic hydroxyl groups is 1. The van der Waals surface area contributed by atoms with Gasteiger partial charge in [0.1, 0.15) is 11.6 Å². The number of allylic oxidation sites excluding steroid dienone is 2. The topological polar surface area (TPSA) is 107 Å². The number of amides is 4. The summed E-state index contributed by atoms with van der Waals surface area (Å²) in [5.74, 6) is -6.43. The average Bonchev–Trinajstić information content (AvgIpc) is 3.54. The standard InChI is InChI=1S/C42H30BrClFN3O5/c43-24-8-16-28(17-9-24)47-38(50)31-19-18-30-32(35(31)40(47)52)21-33-39(51)48(46-27-14-12-26(45)13-15-27)41(53)42(33,23-6-10-25(44)11-7-23)37(30)36-29-4-2-1-3-22(29)5-20-34(36)49/h1-18,20,31-33,35,37,46,49H,19,21H2. The first-order valence-corrected chi connectivity index (χ1v) is 18.5. The fourth-order valence-corrected chi connectivity index (χ4v) is 9.79. The number of carbonyl (C=O) groups excluding carboxylic acids is 4. The maximum atomic E-state index is 15.4. The fraction of sp³-hybridized carbons (Fsp3) is 0.190. The van der Waals surface area contributed by atoms with Gasteiger partial charge in [-0.1, -0.05) is 81.6 Å². The zero-order valence-electron chi connectivity index (χ0n) is 27.9. The van der Waals surface area contributed by atoms with Crippen molar-refractivity contribution in [3.05, 3.63) is 147 Å². The third-order valence-corrected chi connectivity index (χ3v) is 12.4. The van der Waals surface area contributed by atoms with E-state index in [4.69, 9.17) is 11.6 Å². The largest absolute Gasteiger partial charge is 0.508 e. The van der Waals surface area contributed by atoms with E-state index in [2.05, 4.69) is 21.4 Å². The van der Waals surface area contributed by atoms with Crippen molar-refractivity contribution < 1.29 is 28.7 Å². The van der Waals surface area contributed by atoms with Gasteiger partial charge in [0.2, 0.25) is 11.8 Å². The van der Waals surface area contributed by atoms with Crippen LogP contribution in [0.5, 0.6) is 5.75 Å². The van der Waals surface area contributed by atoms with Crippen LogP contribution in [0.3, 0.4) is 0 Å². The third kappa shape index (κ3) is 4.92. The molecule has 11 heteroatoms. The molecular weight excluding hydrogens is 761 g/mol. The molecule has 2 aliphatic carbocycles. The number of hydrazine groups is 1. The second-order valence-corrected chi connectivity index (χ2v) is 15.4. The molecule has 2 aliphatic heterocycles. The minimum Gasteiger partial charge on any atom is -0.508 e. The number of phenolic OH excluding ortho intramolecular Hbond substituents is 1. The van der Waals surface area contributed by atoms with Crippen LogP contribution in [0.2, 0.25) is 5.02 Å². The number of rotatable bonds is 5. The molecular formula is C42H30BrClFN3O5. The molecule has 4 amide bonds. The molecule has 6 atom stereocenters. The molecule has 2 heterocycles. The lowest BCUT2D eigenvalue weighted by Crippen LogP contribution is -2.53. The van der Waals surface area contributed by atoms with E-state index in [0.29, 0.717) is 38.5 Å². The number of anilines is 2. The van der Waals surface area contributed by atoms with Crippen molar-refractivity contribution in [3.8, 4) is 5.75 Å². The number of fused-ring (bicyclic) bond motifs is 5. The molecule has 6 unspecified atom stereocenters. The minimum absolute atomic E-state index is 0.0695. The Balaban J connectivity index is 1.29. The summed E-state index contributed by atoms with van der Waals surface area (Å²) in [5.41, 5.74) is 3.78. The monoisotopic (exact) mass is 789 g/mol. The van der Waals surface area contributed by atoms with Gasteiger partial charge in [0.15, 0.2) is 0 Å². The Morgan fingerprint density at radius 2 is 1.53 bits per heavy atom. The lowest BCUT2D eigenvalue weighted by molar-refractivity contribution is -0.138. The second kappa shape index (κ2) is 12.4. The highest BCUT2D eigenvalue weighted by Crippen LogP contribution is 2.65. The van der Waals surface area contributed by atoms with Gasteiger partial charge in [0, 0.05) is 21.0 Å². The summed E-state index contributed by atoms with van der Waals surface area (Å²) in [5, 5.41) is 14.8. The number of halogens is 3. The molecule has 0 bridgehead atoms. The van der Waals surface area contributed by atoms with Gasteiger partial charge in [-0.2, -0.15) is 5.01 Å². The second-order valence-electron chi connectivity index (χ2n) is 14.1. The lowest BCUT2D eigenvalue weighted by atomic mass is 9.48. The van der Waals surface area contributed by atoms with Crippen LogP contribution in [0.4, 0.5) is 15.8 Å². The SMILES string of the molecule is O=C1C2CC3C(=CCC4C(=O)N(c5ccc(Br)cc5)C(=O)C43)C(c3c(O)ccc4ccccc34)C2(c2ccc(Cl)cc2)C(=O)N1Nc1ccc(F)cc1. The predicted octanol–water partition coefficient (Wildman–Crippen LogP) is 8.29. The van der Waals surface area contributed by atoms with E-state index in [1.165, 1.54) is 29.2 Å². The zero-order chi connectivity index (χ0) is 36.8. The van der Waals surface area contributed by atoms with Gasteiger partial charge in [-0.25, -0.2) is 4.39 Å². The summed E-state index contributed by atoms with van der Waals surface area (Å²) in [4.78, 5) is 60.2. The number of nitrogens with one attached hydrogen (secondary N) is 1. The molecule has 53 heavy (non-hydrogen) atoms. The van der Waals surface area contributed by atoms with Gasteiger partial charge in [0.25, 0.3) is 11.8 Å². The summed E-state index contributed by atoms with van der Waals surface area (Å²) in [6.07, 6.45) is 2.27. The van der Waals surface area contributed by atoms with Crippen molar-refractivity contribution in [2.45, 2.75) is 24.2 Å². The van der Waals surface area contributed by atoms with Gasteiger partial charge >= 0.3 is 0 Å². The van der Waals surface area contributed by atoms with Gasteiger partial charge in [-0.3, -0.25) is 29.5 Å².